The first-order chi connectivity index (χ1) is 12.3. The van der Waals surface area contributed by atoms with Crippen molar-refractivity contribution in [3.63, 3.8) is 0 Å². The zero-order chi connectivity index (χ0) is 18.0. The van der Waals surface area contributed by atoms with Gasteiger partial charge in [0.15, 0.2) is 0 Å². The molecule has 0 aromatic rings. The number of carbonyl (C=O) groups is 1. The number of nitrogens with zero attached hydrogens (tertiary/aromatic N) is 1. The van der Waals surface area contributed by atoms with Crippen LogP contribution in [-0.2, 0) is 0 Å². The molecule has 3 heteroatoms. The third-order valence-corrected chi connectivity index (χ3v) is 5.11. The Hall–Kier alpha value is -0.990. The molecule has 0 aromatic carbocycles. The second-order valence-electron chi connectivity index (χ2n) is 7.51. The van der Waals surface area contributed by atoms with Crippen LogP contribution in [0.1, 0.15) is 103 Å². The molecule has 0 unspecified atom stereocenters. The van der Waals surface area contributed by atoms with Crippen LogP contribution in [0.3, 0.4) is 0 Å². The molecule has 3 nitrogen and oxygen atoms in total. The van der Waals surface area contributed by atoms with Crippen molar-refractivity contribution in [2.75, 3.05) is 19.6 Å². The van der Waals surface area contributed by atoms with Gasteiger partial charge in [-0.3, -0.25) is 0 Å². The van der Waals surface area contributed by atoms with Crippen molar-refractivity contribution in [3.05, 3.63) is 12.2 Å². The average Bonchev–Trinajstić information content (AvgIpc) is 2.63. The molecular weight excluding hydrogens is 308 g/mol. The fourth-order valence-corrected chi connectivity index (χ4v) is 3.44. The maximum Gasteiger partial charge on any atom is 0.317 e. The minimum absolute atomic E-state index is 0.138. The Morgan fingerprint density at radius 3 is 2.00 bits per heavy atom. The molecule has 1 fully saturated rings. The van der Waals surface area contributed by atoms with Crippen LogP contribution in [0.25, 0.3) is 0 Å². The van der Waals surface area contributed by atoms with Gasteiger partial charge in [0.05, 0.1) is 0 Å². The number of hydrogen-bond donors (Lipinski definition) is 1. The lowest BCUT2D eigenvalue weighted by atomic mass is 10.1. The first kappa shape index (κ1) is 22.1. The van der Waals surface area contributed by atoms with Crippen molar-refractivity contribution in [2.24, 2.45) is 0 Å². The van der Waals surface area contributed by atoms with E-state index in [9.17, 15) is 4.79 Å². The van der Waals surface area contributed by atoms with Gasteiger partial charge in [0.2, 0.25) is 0 Å². The molecule has 0 aliphatic carbocycles. The van der Waals surface area contributed by atoms with Crippen molar-refractivity contribution in [1.29, 1.82) is 0 Å². The van der Waals surface area contributed by atoms with E-state index < -0.39 is 0 Å². The molecule has 1 saturated heterocycles. The minimum atomic E-state index is 0.138. The third-order valence-electron chi connectivity index (χ3n) is 5.11. The zero-order valence-corrected chi connectivity index (χ0v) is 16.7. The van der Waals surface area contributed by atoms with E-state index in [1.54, 1.807) is 0 Å². The Bertz CT molecular complexity index is 341. The van der Waals surface area contributed by atoms with Crippen molar-refractivity contribution in [3.8, 4) is 0 Å². The average molecular weight is 351 g/mol. The van der Waals surface area contributed by atoms with E-state index in [2.05, 4.69) is 24.4 Å². The fraction of sp³-hybridized carbons (Fsp3) is 0.864. The molecule has 0 aromatic heterocycles. The van der Waals surface area contributed by atoms with Crippen molar-refractivity contribution in [1.82, 2.24) is 10.2 Å². The van der Waals surface area contributed by atoms with Crippen LogP contribution in [0.4, 0.5) is 4.79 Å². The Balaban J connectivity index is 1.77. The normalized spacial score (nSPS) is 15.1. The largest absolute Gasteiger partial charge is 0.338 e. The van der Waals surface area contributed by atoms with Gasteiger partial charge in [-0.25, -0.2) is 4.79 Å². The smallest absolute Gasteiger partial charge is 0.317 e. The first-order valence-electron chi connectivity index (χ1n) is 11.0. The van der Waals surface area contributed by atoms with Crippen LogP contribution in [0.15, 0.2) is 12.2 Å². The maximum absolute atomic E-state index is 11.6. The summed E-state index contributed by atoms with van der Waals surface area (Å²) in [5.74, 6) is 0. The summed E-state index contributed by atoms with van der Waals surface area (Å²) >= 11 is 0. The molecule has 0 saturated carbocycles. The number of nitrogens with one attached hydrogen (secondary N) is 1. The molecule has 1 heterocycles. The van der Waals surface area contributed by atoms with Gasteiger partial charge >= 0.3 is 6.03 Å². The molecule has 1 aliphatic heterocycles. The van der Waals surface area contributed by atoms with E-state index in [-0.39, 0.29) is 6.03 Å². The quantitative estimate of drug-likeness (QED) is 0.252. The molecule has 0 radical (unpaired) electrons. The summed E-state index contributed by atoms with van der Waals surface area (Å²) in [5, 5.41) is 2.92. The van der Waals surface area contributed by atoms with E-state index >= 15 is 0 Å². The molecule has 1 N–H and O–H groups in total. The Morgan fingerprint density at radius 2 is 1.40 bits per heavy atom. The summed E-state index contributed by atoms with van der Waals surface area (Å²) in [7, 11) is 0. The number of rotatable bonds is 16. The first-order valence-corrected chi connectivity index (χ1v) is 11.0. The SMILES string of the molecule is CCCCCCCC/C=C\CCCCCCCCN1CCCNC1=O. The lowest BCUT2D eigenvalue weighted by Gasteiger charge is -2.27. The summed E-state index contributed by atoms with van der Waals surface area (Å²) in [6.45, 7) is 5.00. The molecule has 146 valence electrons. The van der Waals surface area contributed by atoms with Crippen LogP contribution in [0.2, 0.25) is 0 Å². The van der Waals surface area contributed by atoms with E-state index in [1.165, 1.54) is 83.5 Å². The summed E-state index contributed by atoms with van der Waals surface area (Å²) in [6, 6.07) is 0.138. The van der Waals surface area contributed by atoms with Gasteiger partial charge < -0.3 is 10.2 Å². The van der Waals surface area contributed by atoms with E-state index in [4.69, 9.17) is 0 Å². The molecule has 25 heavy (non-hydrogen) atoms. The summed E-state index contributed by atoms with van der Waals surface area (Å²) < 4.78 is 0. The highest BCUT2D eigenvalue weighted by Gasteiger charge is 2.15. The van der Waals surface area contributed by atoms with Gasteiger partial charge in [0, 0.05) is 19.6 Å². The number of carbonyl (C=O) groups excluding carboxylic acids is 1. The van der Waals surface area contributed by atoms with Crippen LogP contribution in [0, 0.1) is 0 Å². The molecule has 0 spiro atoms. The van der Waals surface area contributed by atoms with E-state index in [0.29, 0.717) is 0 Å². The Morgan fingerprint density at radius 1 is 0.840 bits per heavy atom. The van der Waals surface area contributed by atoms with Gasteiger partial charge in [0.1, 0.15) is 0 Å². The lowest BCUT2D eigenvalue weighted by Crippen LogP contribution is -2.46. The maximum atomic E-state index is 11.6. The monoisotopic (exact) mass is 350 g/mol. The fourth-order valence-electron chi connectivity index (χ4n) is 3.44. The predicted molar refractivity (Wildman–Crippen MR) is 109 cm³/mol. The van der Waals surface area contributed by atoms with Crippen molar-refractivity contribution < 1.29 is 4.79 Å². The highest BCUT2D eigenvalue weighted by Crippen LogP contribution is 2.10. The summed E-state index contributed by atoms with van der Waals surface area (Å²) in [4.78, 5) is 13.6. The summed E-state index contributed by atoms with van der Waals surface area (Å²) in [6.07, 6.45) is 24.5. The summed E-state index contributed by atoms with van der Waals surface area (Å²) in [5.41, 5.74) is 0. The number of hydrogen-bond acceptors (Lipinski definition) is 1. The topological polar surface area (TPSA) is 32.3 Å². The standard InChI is InChI=1S/C22H42N2O/c1-2-3-4-5-6-7-8-9-10-11-12-13-14-15-16-17-20-24-21-18-19-23-22(24)25/h9-10H,2-8,11-21H2,1H3,(H,23,25)/b10-9-. The Kier molecular flexibility index (Phi) is 14.5. The number of urea groups is 1. The second kappa shape index (κ2) is 16.5. The molecule has 1 rings (SSSR count). The predicted octanol–water partition coefficient (Wildman–Crippen LogP) is 6.44. The number of allylic oxidation sites excluding steroid dienone is 2. The van der Waals surface area contributed by atoms with Crippen LogP contribution in [-0.4, -0.2) is 30.6 Å². The van der Waals surface area contributed by atoms with Crippen molar-refractivity contribution in [2.45, 2.75) is 103 Å². The third kappa shape index (κ3) is 12.9. The Labute approximate surface area is 156 Å². The molecule has 2 amide bonds. The molecule has 1 aliphatic rings. The van der Waals surface area contributed by atoms with Crippen LogP contribution in [0.5, 0.6) is 0 Å². The van der Waals surface area contributed by atoms with Crippen LogP contribution < -0.4 is 5.32 Å². The van der Waals surface area contributed by atoms with Gasteiger partial charge in [-0.1, -0.05) is 76.9 Å². The van der Waals surface area contributed by atoms with Gasteiger partial charge in [0.25, 0.3) is 0 Å². The van der Waals surface area contributed by atoms with Gasteiger partial charge in [-0.2, -0.15) is 0 Å². The number of amides is 2. The van der Waals surface area contributed by atoms with Gasteiger partial charge in [-0.05, 0) is 38.5 Å². The van der Waals surface area contributed by atoms with E-state index in [1.807, 2.05) is 4.90 Å². The lowest BCUT2D eigenvalue weighted by molar-refractivity contribution is 0.185. The molecule has 0 bridgehead atoms. The molecular formula is C22H42N2O. The van der Waals surface area contributed by atoms with Gasteiger partial charge in [-0.15, -0.1) is 0 Å². The second-order valence-corrected chi connectivity index (χ2v) is 7.51. The highest BCUT2D eigenvalue weighted by molar-refractivity contribution is 5.74. The van der Waals surface area contributed by atoms with E-state index in [0.717, 1.165) is 32.5 Å². The zero-order valence-electron chi connectivity index (χ0n) is 16.7. The molecule has 0 atom stereocenters. The van der Waals surface area contributed by atoms with Crippen molar-refractivity contribution >= 4 is 6.03 Å². The van der Waals surface area contributed by atoms with Crippen LogP contribution >= 0.6 is 0 Å². The highest BCUT2D eigenvalue weighted by atomic mass is 16.2. The minimum Gasteiger partial charge on any atom is -0.338 e. The number of unbranched alkanes of at least 4 members (excludes halogenated alkanes) is 12.